The van der Waals surface area contributed by atoms with E-state index in [2.05, 4.69) is 4.99 Å². The number of allylic oxidation sites excluding steroid dienone is 1. The first-order chi connectivity index (χ1) is 4.31. The summed E-state index contributed by atoms with van der Waals surface area (Å²) in [7, 11) is 0. The molecule has 0 aromatic carbocycles. The SMILES string of the molecule is CC=CC(=O)CN=C=O. The van der Waals surface area contributed by atoms with E-state index >= 15 is 0 Å². The molecule has 0 aliphatic rings. The summed E-state index contributed by atoms with van der Waals surface area (Å²) in [5, 5.41) is 0. The molecule has 0 saturated carbocycles. The van der Waals surface area contributed by atoms with Crippen LogP contribution in [0.5, 0.6) is 0 Å². The van der Waals surface area contributed by atoms with Crippen LogP contribution in [0.2, 0.25) is 0 Å². The summed E-state index contributed by atoms with van der Waals surface area (Å²) in [5.41, 5.74) is 0. The molecule has 0 aliphatic carbocycles. The number of carbonyl (C=O) groups is 1. The zero-order valence-corrected chi connectivity index (χ0v) is 5.13. The van der Waals surface area contributed by atoms with E-state index in [0.717, 1.165) is 0 Å². The number of rotatable bonds is 3. The monoisotopic (exact) mass is 125 g/mol. The predicted molar refractivity (Wildman–Crippen MR) is 32.8 cm³/mol. The van der Waals surface area contributed by atoms with Crippen LogP contribution < -0.4 is 0 Å². The van der Waals surface area contributed by atoms with E-state index in [4.69, 9.17) is 0 Å². The molecule has 0 aliphatic heterocycles. The summed E-state index contributed by atoms with van der Waals surface area (Å²) < 4.78 is 0. The number of isocyanates is 1. The summed E-state index contributed by atoms with van der Waals surface area (Å²) >= 11 is 0. The molecule has 0 heterocycles. The number of aliphatic imine (C=N–C) groups is 1. The Balaban J connectivity index is 3.64. The van der Waals surface area contributed by atoms with Crippen molar-refractivity contribution >= 4 is 11.9 Å². The van der Waals surface area contributed by atoms with Crippen LogP contribution in [0.25, 0.3) is 0 Å². The van der Waals surface area contributed by atoms with Gasteiger partial charge in [0.1, 0.15) is 6.54 Å². The van der Waals surface area contributed by atoms with Gasteiger partial charge in [0.2, 0.25) is 6.08 Å². The van der Waals surface area contributed by atoms with Gasteiger partial charge in [-0.2, -0.15) is 4.99 Å². The Morgan fingerprint density at radius 1 is 1.78 bits per heavy atom. The lowest BCUT2D eigenvalue weighted by molar-refractivity contribution is -0.113. The Morgan fingerprint density at radius 2 is 2.44 bits per heavy atom. The third-order valence-electron chi connectivity index (χ3n) is 0.652. The Morgan fingerprint density at radius 3 is 2.89 bits per heavy atom. The Labute approximate surface area is 53.1 Å². The first kappa shape index (κ1) is 7.79. The van der Waals surface area contributed by atoms with Gasteiger partial charge in [0, 0.05) is 0 Å². The maximum atomic E-state index is 10.4. The lowest BCUT2D eigenvalue weighted by Gasteiger charge is -1.79. The molecule has 3 heteroatoms. The van der Waals surface area contributed by atoms with Gasteiger partial charge in [0.25, 0.3) is 0 Å². The van der Waals surface area contributed by atoms with Gasteiger partial charge in [-0.05, 0) is 13.0 Å². The molecule has 0 radical (unpaired) electrons. The molecule has 9 heavy (non-hydrogen) atoms. The molecule has 0 amide bonds. The van der Waals surface area contributed by atoms with E-state index in [1.807, 2.05) is 0 Å². The summed E-state index contributed by atoms with van der Waals surface area (Å²) in [4.78, 5) is 23.0. The van der Waals surface area contributed by atoms with Gasteiger partial charge in [-0.1, -0.05) is 6.08 Å². The Bertz CT molecular complexity index is 166. The third-order valence-corrected chi connectivity index (χ3v) is 0.652. The molecule has 0 aromatic rings. The van der Waals surface area contributed by atoms with Crippen LogP contribution in [0.3, 0.4) is 0 Å². The quantitative estimate of drug-likeness (QED) is 0.312. The van der Waals surface area contributed by atoms with E-state index in [-0.39, 0.29) is 12.3 Å². The molecule has 0 saturated heterocycles. The zero-order valence-electron chi connectivity index (χ0n) is 5.13. The van der Waals surface area contributed by atoms with Crippen molar-refractivity contribution in [1.82, 2.24) is 0 Å². The number of carbonyl (C=O) groups excluding carboxylic acids is 2. The fourth-order valence-corrected chi connectivity index (χ4v) is 0.349. The van der Waals surface area contributed by atoms with E-state index in [1.165, 1.54) is 12.2 Å². The Kier molecular flexibility index (Phi) is 4.27. The normalized spacial score (nSPS) is 9.00. The van der Waals surface area contributed by atoms with Crippen LogP contribution >= 0.6 is 0 Å². The van der Waals surface area contributed by atoms with Gasteiger partial charge in [-0.25, -0.2) is 4.79 Å². The van der Waals surface area contributed by atoms with Crippen LogP contribution in [0.4, 0.5) is 0 Å². The van der Waals surface area contributed by atoms with E-state index < -0.39 is 0 Å². The average molecular weight is 125 g/mol. The number of hydrogen-bond acceptors (Lipinski definition) is 3. The molecule has 0 N–H and O–H groups in total. The van der Waals surface area contributed by atoms with Gasteiger partial charge in [-0.15, -0.1) is 0 Å². The molecule has 48 valence electrons. The summed E-state index contributed by atoms with van der Waals surface area (Å²) in [6.07, 6.45) is 4.24. The highest BCUT2D eigenvalue weighted by Crippen LogP contribution is 1.76. The summed E-state index contributed by atoms with van der Waals surface area (Å²) in [5.74, 6) is -0.180. The smallest absolute Gasteiger partial charge is 0.235 e. The van der Waals surface area contributed by atoms with Gasteiger partial charge in [-0.3, -0.25) is 4.79 Å². The summed E-state index contributed by atoms with van der Waals surface area (Å²) in [6.45, 7) is 1.64. The fourth-order valence-electron chi connectivity index (χ4n) is 0.349. The van der Waals surface area contributed by atoms with Crippen molar-refractivity contribution in [2.24, 2.45) is 4.99 Å². The van der Waals surface area contributed by atoms with Gasteiger partial charge in [0.05, 0.1) is 0 Å². The third kappa shape index (κ3) is 4.65. The van der Waals surface area contributed by atoms with Crippen LogP contribution in [-0.2, 0) is 9.59 Å². The van der Waals surface area contributed by atoms with Crippen LogP contribution in [0.1, 0.15) is 6.92 Å². The van der Waals surface area contributed by atoms with Crippen LogP contribution in [0.15, 0.2) is 17.1 Å². The molecule has 0 bridgehead atoms. The van der Waals surface area contributed by atoms with Crippen molar-refractivity contribution in [3.05, 3.63) is 12.2 Å². The van der Waals surface area contributed by atoms with E-state index in [9.17, 15) is 9.59 Å². The highest BCUT2D eigenvalue weighted by molar-refractivity contribution is 5.91. The molecule has 0 fully saturated rings. The Hall–Kier alpha value is -1.21. The van der Waals surface area contributed by atoms with E-state index in [1.54, 1.807) is 13.0 Å². The van der Waals surface area contributed by atoms with Gasteiger partial charge in [0.15, 0.2) is 5.78 Å². The number of hydrogen-bond donors (Lipinski definition) is 0. The molecule has 0 spiro atoms. The molecule has 0 aromatic heterocycles. The lowest BCUT2D eigenvalue weighted by atomic mass is 10.3. The maximum absolute atomic E-state index is 10.4. The second-order valence-electron chi connectivity index (χ2n) is 1.37. The molecule has 0 rings (SSSR count). The molecular weight excluding hydrogens is 118 g/mol. The zero-order chi connectivity index (χ0) is 7.11. The minimum Gasteiger partial charge on any atom is -0.293 e. The average Bonchev–Trinajstić information content (AvgIpc) is 1.85. The van der Waals surface area contributed by atoms with Crippen molar-refractivity contribution in [2.45, 2.75) is 6.92 Å². The minimum atomic E-state index is -0.180. The van der Waals surface area contributed by atoms with Crippen molar-refractivity contribution in [3.63, 3.8) is 0 Å². The first-order valence-electron chi connectivity index (χ1n) is 2.50. The highest BCUT2D eigenvalue weighted by Gasteiger charge is 1.89. The molecular formula is C6H7NO2. The largest absolute Gasteiger partial charge is 0.293 e. The van der Waals surface area contributed by atoms with Crippen molar-refractivity contribution < 1.29 is 9.59 Å². The number of nitrogens with zero attached hydrogens (tertiary/aromatic N) is 1. The van der Waals surface area contributed by atoms with Crippen molar-refractivity contribution in [1.29, 1.82) is 0 Å². The standard InChI is InChI=1S/C6H7NO2/c1-2-3-6(9)4-7-5-8/h2-3H,4H2,1H3. The molecule has 0 unspecified atom stereocenters. The summed E-state index contributed by atoms with van der Waals surface area (Å²) in [6, 6.07) is 0. The topological polar surface area (TPSA) is 46.5 Å². The second-order valence-corrected chi connectivity index (χ2v) is 1.37. The van der Waals surface area contributed by atoms with Crippen LogP contribution in [0, 0.1) is 0 Å². The highest BCUT2D eigenvalue weighted by atomic mass is 16.1. The second kappa shape index (κ2) is 4.94. The maximum Gasteiger partial charge on any atom is 0.235 e. The number of ketones is 1. The first-order valence-corrected chi connectivity index (χ1v) is 2.50. The minimum absolute atomic E-state index is 0.0894. The lowest BCUT2D eigenvalue weighted by Crippen LogP contribution is -1.95. The van der Waals surface area contributed by atoms with Gasteiger partial charge >= 0.3 is 0 Å². The fraction of sp³-hybridized carbons (Fsp3) is 0.333. The van der Waals surface area contributed by atoms with Crippen molar-refractivity contribution in [3.8, 4) is 0 Å². The molecule has 3 nitrogen and oxygen atoms in total. The van der Waals surface area contributed by atoms with Gasteiger partial charge < -0.3 is 0 Å². The van der Waals surface area contributed by atoms with Crippen molar-refractivity contribution in [2.75, 3.05) is 6.54 Å². The molecule has 0 atom stereocenters. The predicted octanol–water partition coefficient (Wildman–Crippen LogP) is 0.467. The van der Waals surface area contributed by atoms with Crippen LogP contribution in [-0.4, -0.2) is 18.4 Å². The van der Waals surface area contributed by atoms with E-state index in [0.29, 0.717) is 0 Å².